The maximum atomic E-state index is 14.3. The fraction of sp³-hybridized carbons (Fsp3) is 0.607. The van der Waals surface area contributed by atoms with Crippen LogP contribution in [0, 0.1) is 5.41 Å². The molecule has 2 aromatic carbocycles. The minimum atomic E-state index is -2.07. The van der Waals surface area contributed by atoms with Crippen molar-refractivity contribution in [3.63, 3.8) is 0 Å². The minimum absolute atomic E-state index is 0.0312. The maximum Gasteiger partial charge on any atom is 0.408 e. The van der Waals surface area contributed by atoms with Gasteiger partial charge < -0.3 is 43.4 Å². The SMILES string of the molecule is CCn1c(-c2cc(N3CCN(C4CC4)CC3)cnc2[C@H](C)OC)c(CC(C)(C)CO[Si](C)(C)C(C)(C)C)c2cc(N3CCOC(CC(NC(=O)OCc4ccccc4)C(=O)N4CCCC(C(=O)O)N4)C3)ccc21. The van der Waals surface area contributed by atoms with E-state index in [9.17, 15) is 19.5 Å². The molecule has 17 heteroatoms. The summed E-state index contributed by atoms with van der Waals surface area (Å²) in [7, 11) is -0.316. The Balaban J connectivity index is 1.13. The number of carbonyl (C=O) groups excluding carboxylic acids is 2. The van der Waals surface area contributed by atoms with Gasteiger partial charge in [0.05, 0.1) is 42.1 Å². The summed E-state index contributed by atoms with van der Waals surface area (Å²) in [5.41, 5.74) is 11.1. The van der Waals surface area contributed by atoms with Crippen LogP contribution < -0.4 is 20.5 Å². The van der Waals surface area contributed by atoms with Gasteiger partial charge in [0.2, 0.25) is 0 Å². The van der Waals surface area contributed by atoms with Gasteiger partial charge in [-0.05, 0) is 105 Å². The zero-order valence-corrected chi connectivity index (χ0v) is 46.2. The van der Waals surface area contributed by atoms with E-state index in [1.807, 2.05) is 36.5 Å². The highest BCUT2D eigenvalue weighted by Crippen LogP contribution is 2.44. The lowest BCUT2D eigenvalue weighted by Crippen LogP contribution is -2.60. The van der Waals surface area contributed by atoms with Gasteiger partial charge in [0, 0.05) is 101 Å². The lowest BCUT2D eigenvalue weighted by Gasteiger charge is -2.39. The fourth-order valence-electron chi connectivity index (χ4n) is 10.4. The molecule has 73 heavy (non-hydrogen) atoms. The largest absolute Gasteiger partial charge is 0.480 e. The number of amides is 2. The van der Waals surface area contributed by atoms with Gasteiger partial charge in [-0.1, -0.05) is 65.0 Å². The van der Waals surface area contributed by atoms with Crippen LogP contribution >= 0.6 is 0 Å². The highest BCUT2D eigenvalue weighted by molar-refractivity contribution is 6.74. The Bertz CT molecular complexity index is 2550. The summed E-state index contributed by atoms with van der Waals surface area (Å²) < 4.78 is 27.5. The van der Waals surface area contributed by atoms with Gasteiger partial charge in [-0.3, -0.25) is 24.5 Å². The number of nitrogens with zero attached hydrogens (tertiary/aromatic N) is 6. The van der Waals surface area contributed by atoms with E-state index in [0.717, 1.165) is 90.0 Å². The van der Waals surface area contributed by atoms with Gasteiger partial charge in [-0.2, -0.15) is 0 Å². The number of alkyl carbamates (subject to hydrolysis) is 1. The second-order valence-corrected chi connectivity index (χ2v) is 27.8. The molecule has 4 atom stereocenters. The van der Waals surface area contributed by atoms with Crippen LogP contribution in [0.15, 0.2) is 60.8 Å². The number of aromatic nitrogens is 2. The standard InChI is InChI=1S/C56H82N8O8Si/c1-11-63-49-22-21-41(62-28-29-70-43(35-62)32-48(52(65)64-23-15-18-47(59-64)53(66)67)58-54(68)71-36-39-16-13-12-14-17-39)30-44(49)46(33-56(6,7)37-72-73(9,10)55(3,4)5)51(63)45-31-42(34-57-50(45)38(2)69-8)61-26-24-60(25-27-61)40-19-20-40/h12-14,16-17,21-22,30-31,34,38,40,43,47-48,59H,11,15,18-20,23-29,32-33,35-37H2,1-10H3,(H,58,68)(H,66,67)/t38-,43?,47?,48?/m0/s1. The van der Waals surface area contributed by atoms with E-state index in [2.05, 4.69) is 116 Å². The van der Waals surface area contributed by atoms with Gasteiger partial charge >= 0.3 is 12.1 Å². The Labute approximate surface area is 434 Å². The molecule has 0 bridgehead atoms. The summed E-state index contributed by atoms with van der Waals surface area (Å²) >= 11 is 0. The molecule has 16 nitrogen and oxygen atoms in total. The predicted molar refractivity (Wildman–Crippen MR) is 289 cm³/mol. The van der Waals surface area contributed by atoms with E-state index < -0.39 is 44.5 Å². The molecule has 3 saturated heterocycles. The molecule has 3 N–H and O–H groups in total. The molecule has 5 heterocycles. The number of piperazine rings is 1. The van der Waals surface area contributed by atoms with Crippen LogP contribution in [0.1, 0.15) is 103 Å². The number of pyridine rings is 1. The van der Waals surface area contributed by atoms with E-state index >= 15 is 0 Å². The lowest BCUT2D eigenvalue weighted by atomic mass is 9.84. The Morgan fingerprint density at radius 3 is 2.36 bits per heavy atom. The van der Waals surface area contributed by atoms with Crippen LogP contribution in [0.4, 0.5) is 16.2 Å². The summed E-state index contributed by atoms with van der Waals surface area (Å²) in [6.07, 6.45) is 5.03. The second-order valence-electron chi connectivity index (χ2n) is 23.0. The van der Waals surface area contributed by atoms with Crippen molar-refractivity contribution >= 4 is 48.6 Å². The molecular weight excluding hydrogens is 941 g/mol. The monoisotopic (exact) mass is 1020 g/mol. The van der Waals surface area contributed by atoms with E-state index in [1.54, 1.807) is 7.11 Å². The first-order valence-corrected chi connectivity index (χ1v) is 29.6. The average Bonchev–Trinajstić information content (AvgIpc) is 4.19. The topological polar surface area (TPSA) is 163 Å². The van der Waals surface area contributed by atoms with Crippen molar-refractivity contribution in [2.24, 2.45) is 5.41 Å². The van der Waals surface area contributed by atoms with Crippen molar-refractivity contribution in [2.75, 3.05) is 75.9 Å². The number of hydrogen-bond donors (Lipinski definition) is 3. The second kappa shape index (κ2) is 22.8. The van der Waals surface area contributed by atoms with Crippen molar-refractivity contribution in [1.29, 1.82) is 0 Å². The number of carbonyl (C=O) groups is 3. The molecule has 4 aliphatic rings. The Morgan fingerprint density at radius 2 is 1.68 bits per heavy atom. The molecule has 0 spiro atoms. The van der Waals surface area contributed by atoms with Crippen molar-refractivity contribution in [1.82, 2.24) is 30.2 Å². The number of aliphatic carboxylic acids is 1. The number of rotatable bonds is 19. The summed E-state index contributed by atoms with van der Waals surface area (Å²) in [5, 5.41) is 15.2. The van der Waals surface area contributed by atoms with E-state index in [4.69, 9.17) is 23.6 Å². The number of carboxylic acids is 1. The summed E-state index contributed by atoms with van der Waals surface area (Å²) in [4.78, 5) is 52.3. The van der Waals surface area contributed by atoms with Gasteiger partial charge in [0.15, 0.2) is 8.32 Å². The fourth-order valence-corrected chi connectivity index (χ4v) is 11.6. The van der Waals surface area contributed by atoms with E-state index in [0.29, 0.717) is 45.7 Å². The molecule has 0 radical (unpaired) electrons. The van der Waals surface area contributed by atoms with Crippen LogP contribution in [0.2, 0.25) is 18.1 Å². The molecule has 398 valence electrons. The minimum Gasteiger partial charge on any atom is -0.480 e. The van der Waals surface area contributed by atoms with Crippen LogP contribution in [-0.2, 0) is 47.8 Å². The summed E-state index contributed by atoms with van der Waals surface area (Å²) in [6, 6.07) is 17.3. The smallest absolute Gasteiger partial charge is 0.408 e. The first-order valence-electron chi connectivity index (χ1n) is 26.7. The van der Waals surface area contributed by atoms with Crippen molar-refractivity contribution in [3.05, 3.63) is 77.6 Å². The number of nitrogens with one attached hydrogen (secondary N) is 2. The molecule has 2 amide bonds. The molecule has 3 unspecified atom stereocenters. The number of carboxylic acid groups (broad SMARTS) is 1. The molecule has 4 fully saturated rings. The molecule has 1 saturated carbocycles. The zero-order chi connectivity index (χ0) is 52.2. The molecule has 1 aliphatic carbocycles. The zero-order valence-electron chi connectivity index (χ0n) is 45.2. The van der Waals surface area contributed by atoms with E-state index in [1.165, 1.54) is 23.4 Å². The van der Waals surface area contributed by atoms with Crippen molar-refractivity contribution < 1.29 is 38.1 Å². The Hall–Kier alpha value is -5.04. The normalized spacial score (nSPS) is 20.3. The van der Waals surface area contributed by atoms with E-state index in [-0.39, 0.29) is 29.6 Å². The van der Waals surface area contributed by atoms with Crippen LogP contribution in [0.25, 0.3) is 22.2 Å². The maximum absolute atomic E-state index is 14.3. The quantitative estimate of drug-likeness (QED) is 0.0765. The highest BCUT2D eigenvalue weighted by Gasteiger charge is 2.40. The number of morpholine rings is 1. The average molecular weight is 1020 g/mol. The number of fused-ring (bicyclic) bond motifs is 1. The molecule has 8 rings (SSSR count). The highest BCUT2D eigenvalue weighted by atomic mass is 28.4. The van der Waals surface area contributed by atoms with Crippen LogP contribution in [-0.4, -0.2) is 141 Å². The number of aryl methyl sites for hydroxylation is 1. The Kier molecular flexibility index (Phi) is 17.0. The first kappa shape index (κ1) is 54.2. The summed E-state index contributed by atoms with van der Waals surface area (Å²) in [6.45, 7) is 27.7. The van der Waals surface area contributed by atoms with Gasteiger partial charge in [0.1, 0.15) is 18.7 Å². The lowest BCUT2D eigenvalue weighted by molar-refractivity contribution is -0.148. The van der Waals surface area contributed by atoms with Crippen LogP contribution in [0.3, 0.4) is 0 Å². The third-order valence-electron chi connectivity index (χ3n) is 15.9. The van der Waals surface area contributed by atoms with Gasteiger partial charge in [0.25, 0.3) is 5.91 Å². The summed E-state index contributed by atoms with van der Waals surface area (Å²) in [5.74, 6) is -1.47. The van der Waals surface area contributed by atoms with Crippen LogP contribution in [0.5, 0.6) is 0 Å². The molecular formula is C56H82N8O8Si. The van der Waals surface area contributed by atoms with Gasteiger partial charge in [-0.15, -0.1) is 0 Å². The van der Waals surface area contributed by atoms with Gasteiger partial charge in [-0.25, -0.2) is 10.2 Å². The number of methoxy groups -OCH3 is 1. The first-order chi connectivity index (χ1) is 34.8. The number of anilines is 2. The number of hydrogen-bond acceptors (Lipinski definition) is 12. The molecule has 2 aromatic heterocycles. The Morgan fingerprint density at radius 1 is 0.945 bits per heavy atom. The van der Waals surface area contributed by atoms with Crippen molar-refractivity contribution in [3.8, 4) is 11.3 Å². The molecule has 4 aromatic rings. The number of hydrazine groups is 1. The van der Waals surface area contributed by atoms with Crippen molar-refractivity contribution in [2.45, 2.75) is 149 Å². The number of ether oxygens (including phenoxy) is 3. The third kappa shape index (κ3) is 12.9. The third-order valence-corrected chi connectivity index (χ3v) is 20.4. The number of benzene rings is 2. The predicted octanol–water partition coefficient (Wildman–Crippen LogP) is 8.78. The molecule has 3 aliphatic heterocycles.